The van der Waals surface area contributed by atoms with E-state index in [0.29, 0.717) is 23.4 Å². The third-order valence-corrected chi connectivity index (χ3v) is 3.45. The summed E-state index contributed by atoms with van der Waals surface area (Å²) < 4.78 is 7.13. The highest BCUT2D eigenvalue weighted by Crippen LogP contribution is 2.22. The van der Waals surface area contributed by atoms with Gasteiger partial charge in [-0.15, -0.1) is 0 Å². The van der Waals surface area contributed by atoms with Gasteiger partial charge in [-0.1, -0.05) is 11.6 Å². The predicted molar refractivity (Wildman–Crippen MR) is 73.8 cm³/mol. The summed E-state index contributed by atoms with van der Waals surface area (Å²) in [7, 11) is 0. The van der Waals surface area contributed by atoms with Crippen molar-refractivity contribution >= 4 is 23.2 Å². The smallest absolute Gasteiger partial charge is 0.255 e. The third-order valence-electron chi connectivity index (χ3n) is 3.08. The highest BCUT2D eigenvalue weighted by molar-refractivity contribution is 6.30. The lowest BCUT2D eigenvalue weighted by Gasteiger charge is -2.10. The molecule has 0 unspecified atom stereocenters. The Morgan fingerprint density at radius 1 is 1.30 bits per heavy atom. The fourth-order valence-electron chi connectivity index (χ4n) is 1.88. The van der Waals surface area contributed by atoms with Gasteiger partial charge in [0.1, 0.15) is 23.1 Å². The summed E-state index contributed by atoms with van der Waals surface area (Å²) in [5, 5.41) is 7.74. The summed E-state index contributed by atoms with van der Waals surface area (Å²) in [5.41, 5.74) is 1.68. The Labute approximate surface area is 120 Å². The molecule has 3 rings (SSSR count). The van der Waals surface area contributed by atoms with Gasteiger partial charge in [0.05, 0.1) is 12.2 Å². The molecule has 3 aromatic rings. The van der Waals surface area contributed by atoms with Crippen LogP contribution in [0.1, 0.15) is 22.9 Å². The van der Waals surface area contributed by atoms with Crippen molar-refractivity contribution < 1.29 is 4.42 Å². The van der Waals surface area contributed by atoms with Crippen LogP contribution in [0.5, 0.6) is 0 Å². The molecule has 0 aliphatic carbocycles. The van der Waals surface area contributed by atoms with Crippen molar-refractivity contribution in [1.82, 2.24) is 24.6 Å². The molecule has 0 fully saturated rings. The van der Waals surface area contributed by atoms with Crippen LogP contribution in [-0.4, -0.2) is 24.6 Å². The number of anilines is 1. The van der Waals surface area contributed by atoms with Crippen LogP contribution in [-0.2, 0) is 6.54 Å². The molecule has 0 aliphatic rings. The van der Waals surface area contributed by atoms with Crippen molar-refractivity contribution in [3.63, 3.8) is 0 Å². The van der Waals surface area contributed by atoms with Crippen LogP contribution in [0.25, 0.3) is 5.78 Å². The monoisotopic (exact) mass is 292 g/mol. The highest BCUT2D eigenvalue weighted by Gasteiger charge is 2.13. The van der Waals surface area contributed by atoms with E-state index in [1.165, 1.54) is 6.33 Å². The van der Waals surface area contributed by atoms with E-state index < -0.39 is 0 Å². The van der Waals surface area contributed by atoms with Gasteiger partial charge in [-0.25, -0.2) is 4.98 Å². The second-order valence-electron chi connectivity index (χ2n) is 4.45. The number of oxazole rings is 1. The number of halogens is 1. The zero-order valence-electron chi connectivity index (χ0n) is 11.3. The van der Waals surface area contributed by atoms with E-state index in [0.717, 1.165) is 22.8 Å². The average Bonchev–Trinajstić information content (AvgIpc) is 2.97. The topological polar surface area (TPSA) is 81.1 Å². The van der Waals surface area contributed by atoms with Crippen LogP contribution in [0.3, 0.4) is 0 Å². The number of nitrogens with one attached hydrogen (secondary N) is 1. The molecule has 0 saturated heterocycles. The largest absolute Gasteiger partial charge is 0.444 e. The maximum Gasteiger partial charge on any atom is 0.255 e. The lowest BCUT2D eigenvalue weighted by molar-refractivity contribution is 0.478. The molecule has 20 heavy (non-hydrogen) atoms. The molecule has 0 bridgehead atoms. The molecule has 7 nitrogen and oxygen atoms in total. The second kappa shape index (κ2) is 4.75. The van der Waals surface area contributed by atoms with E-state index in [1.54, 1.807) is 4.52 Å². The van der Waals surface area contributed by atoms with E-state index in [1.807, 2.05) is 20.8 Å². The molecule has 0 aliphatic heterocycles. The Morgan fingerprint density at radius 3 is 2.80 bits per heavy atom. The van der Waals surface area contributed by atoms with Gasteiger partial charge < -0.3 is 9.73 Å². The second-order valence-corrected chi connectivity index (χ2v) is 4.81. The number of nitrogens with zero attached hydrogens (tertiary/aromatic N) is 5. The van der Waals surface area contributed by atoms with Crippen molar-refractivity contribution in [2.24, 2.45) is 0 Å². The van der Waals surface area contributed by atoms with Gasteiger partial charge in [-0.05, 0) is 20.8 Å². The maximum absolute atomic E-state index is 6.09. The molecule has 0 atom stereocenters. The van der Waals surface area contributed by atoms with Gasteiger partial charge >= 0.3 is 0 Å². The standard InChI is InChI=1S/C12H13ClN6O/c1-6-10(13)18-12-15-5-16-19(12)11(6)14-4-9-17-7(2)8(3)20-9/h5,14H,4H2,1-3H3. The Hall–Kier alpha value is -2.15. The van der Waals surface area contributed by atoms with Gasteiger partial charge in [0.2, 0.25) is 5.89 Å². The minimum Gasteiger partial charge on any atom is -0.444 e. The molecular formula is C12H13ClN6O. The van der Waals surface area contributed by atoms with Crippen molar-refractivity contribution in [3.8, 4) is 0 Å². The van der Waals surface area contributed by atoms with Crippen molar-refractivity contribution in [1.29, 1.82) is 0 Å². The van der Waals surface area contributed by atoms with E-state index in [9.17, 15) is 0 Å². The number of fused-ring (bicyclic) bond motifs is 1. The number of aryl methyl sites for hydroxylation is 2. The van der Waals surface area contributed by atoms with Crippen molar-refractivity contribution in [3.05, 3.63) is 34.4 Å². The summed E-state index contributed by atoms with van der Waals surface area (Å²) >= 11 is 6.09. The lowest BCUT2D eigenvalue weighted by Crippen LogP contribution is -2.09. The van der Waals surface area contributed by atoms with Gasteiger partial charge in [-0.2, -0.15) is 19.6 Å². The van der Waals surface area contributed by atoms with Crippen LogP contribution in [0.4, 0.5) is 5.82 Å². The maximum atomic E-state index is 6.09. The van der Waals surface area contributed by atoms with Crippen LogP contribution >= 0.6 is 11.6 Å². The lowest BCUT2D eigenvalue weighted by atomic mass is 10.3. The van der Waals surface area contributed by atoms with Crippen LogP contribution in [0.15, 0.2) is 10.7 Å². The molecule has 0 saturated carbocycles. The Morgan fingerprint density at radius 2 is 2.10 bits per heavy atom. The minimum atomic E-state index is 0.396. The van der Waals surface area contributed by atoms with Gasteiger partial charge in [-0.3, -0.25) is 0 Å². The molecule has 0 spiro atoms. The number of rotatable bonds is 3. The van der Waals surface area contributed by atoms with E-state index in [4.69, 9.17) is 16.0 Å². The van der Waals surface area contributed by atoms with Crippen molar-refractivity contribution in [2.45, 2.75) is 27.3 Å². The summed E-state index contributed by atoms with van der Waals surface area (Å²) in [6.07, 6.45) is 1.43. The summed E-state index contributed by atoms with van der Waals surface area (Å²) in [4.78, 5) is 12.5. The SMILES string of the molecule is Cc1nc(CNc2c(C)c(Cl)nc3ncnn23)oc1C. The first-order chi connectivity index (χ1) is 9.56. The molecule has 3 heterocycles. The quantitative estimate of drug-likeness (QED) is 0.746. The average molecular weight is 293 g/mol. The molecule has 104 valence electrons. The van der Waals surface area contributed by atoms with Crippen LogP contribution in [0, 0.1) is 20.8 Å². The first kappa shape index (κ1) is 12.9. The minimum absolute atomic E-state index is 0.396. The van der Waals surface area contributed by atoms with Gasteiger partial charge in [0.15, 0.2) is 0 Å². The van der Waals surface area contributed by atoms with Crippen LogP contribution in [0.2, 0.25) is 5.15 Å². The molecule has 0 amide bonds. The zero-order valence-corrected chi connectivity index (χ0v) is 12.1. The highest BCUT2D eigenvalue weighted by atomic mass is 35.5. The molecule has 1 N–H and O–H groups in total. The first-order valence-electron chi connectivity index (χ1n) is 6.09. The molecule has 8 heteroatoms. The molecular weight excluding hydrogens is 280 g/mol. The molecule has 3 aromatic heterocycles. The fraction of sp³-hybridized carbons (Fsp3) is 0.333. The Bertz CT molecular complexity index is 758. The number of hydrogen-bond donors (Lipinski definition) is 1. The summed E-state index contributed by atoms with van der Waals surface area (Å²) in [6.45, 7) is 6.10. The number of hydrogen-bond acceptors (Lipinski definition) is 6. The molecule has 0 aromatic carbocycles. The summed E-state index contributed by atoms with van der Waals surface area (Å²) in [6, 6.07) is 0. The predicted octanol–water partition coefficient (Wildman–Crippen LogP) is 2.30. The zero-order chi connectivity index (χ0) is 14.3. The summed E-state index contributed by atoms with van der Waals surface area (Å²) in [5.74, 6) is 2.60. The van der Waals surface area contributed by atoms with E-state index >= 15 is 0 Å². The van der Waals surface area contributed by atoms with Gasteiger partial charge in [0.25, 0.3) is 5.78 Å². The van der Waals surface area contributed by atoms with Crippen molar-refractivity contribution in [2.75, 3.05) is 5.32 Å². The van der Waals surface area contributed by atoms with Crippen LogP contribution < -0.4 is 5.32 Å². The van der Waals surface area contributed by atoms with Gasteiger partial charge in [0, 0.05) is 5.56 Å². The Balaban J connectivity index is 1.94. The normalized spacial score (nSPS) is 11.2. The first-order valence-corrected chi connectivity index (χ1v) is 6.46. The van der Waals surface area contributed by atoms with E-state index in [2.05, 4.69) is 25.4 Å². The Kier molecular flexibility index (Phi) is 3.06. The number of aromatic nitrogens is 5. The van der Waals surface area contributed by atoms with E-state index in [-0.39, 0.29) is 0 Å². The third kappa shape index (κ3) is 2.09. The molecule has 0 radical (unpaired) electrons. The fourth-order valence-corrected chi connectivity index (χ4v) is 2.04.